The maximum Gasteiger partial charge on any atom is 1.00 e. The quantitative estimate of drug-likeness (QED) is 0.260. The average molecular weight is 882 g/mol. The fraction of sp³-hybridized carbons (Fsp3) is 0.0588. The second-order valence-electron chi connectivity index (χ2n) is 9.96. The topological polar surface area (TPSA) is 37.4 Å². The van der Waals surface area contributed by atoms with Crippen LogP contribution in [0.3, 0.4) is 0 Å². The summed E-state index contributed by atoms with van der Waals surface area (Å²) in [7, 11) is 0. The number of allylic oxidation sites excluding steroid dienone is 4. The molecule has 0 saturated heterocycles. The van der Waals surface area contributed by atoms with Crippen molar-refractivity contribution in [2.45, 2.75) is 5.92 Å². The number of carbonyl (C=O) groups excluding carboxylic acids is 2. The Kier molecular flexibility index (Phi) is 10.1. The standard InChI is InChI=1S/C34H18BrNO2S2.2Cs/c35-30-18-28-32(38)24-15-25-23(16-26(24)34(28)40-30)31(37)27-17-29(39-33(25)27)19-11-13-22(14-12-19)36(20-7-3-1-4-8-20)21-9-5-2-6-10-21;;/h1-16,24,26H;;/q-2;2*+1. The summed E-state index contributed by atoms with van der Waals surface area (Å²) < 4.78 is 0.828. The minimum Gasteiger partial charge on any atom is -0.370 e. The van der Waals surface area contributed by atoms with Crippen LogP contribution in [0.25, 0.3) is 16.0 Å². The first-order valence-corrected chi connectivity index (χ1v) is 15.3. The third-order valence-electron chi connectivity index (χ3n) is 7.69. The van der Waals surface area contributed by atoms with Crippen molar-refractivity contribution in [3.05, 3.63) is 139 Å². The van der Waals surface area contributed by atoms with Crippen molar-refractivity contribution in [1.29, 1.82) is 0 Å². The van der Waals surface area contributed by atoms with Crippen LogP contribution in [-0.4, -0.2) is 11.6 Å². The van der Waals surface area contributed by atoms with Crippen molar-refractivity contribution >= 4 is 72.8 Å². The van der Waals surface area contributed by atoms with Crippen molar-refractivity contribution in [3.63, 3.8) is 0 Å². The molecule has 0 bridgehead atoms. The van der Waals surface area contributed by atoms with Gasteiger partial charge in [0.05, 0.1) is 5.78 Å². The van der Waals surface area contributed by atoms with Crippen molar-refractivity contribution in [2.75, 3.05) is 4.90 Å². The Morgan fingerprint density at radius 2 is 1.26 bits per heavy atom. The summed E-state index contributed by atoms with van der Waals surface area (Å²) in [4.78, 5) is 31.7. The number of nitrogens with zero attached hydrogens (tertiary/aromatic N) is 1. The van der Waals surface area contributed by atoms with E-state index in [1.54, 1.807) is 11.3 Å². The van der Waals surface area contributed by atoms with Crippen LogP contribution in [0.15, 0.2) is 106 Å². The van der Waals surface area contributed by atoms with E-state index in [0.717, 1.165) is 46.6 Å². The molecule has 3 aliphatic rings. The molecule has 0 radical (unpaired) electrons. The van der Waals surface area contributed by atoms with Gasteiger partial charge < -0.3 is 14.5 Å². The monoisotopic (exact) mass is 881 g/mol. The first-order chi connectivity index (χ1) is 19.6. The molecule has 0 saturated carbocycles. The summed E-state index contributed by atoms with van der Waals surface area (Å²) in [6.07, 6.45) is 4.01. The van der Waals surface area contributed by atoms with Crippen LogP contribution in [0, 0.1) is 18.1 Å². The molecule has 8 heteroatoms. The third kappa shape index (κ3) is 5.50. The fourth-order valence-electron chi connectivity index (χ4n) is 5.86. The minimum atomic E-state index is -0.269. The number of halogens is 1. The van der Waals surface area contributed by atoms with E-state index in [9.17, 15) is 9.59 Å². The van der Waals surface area contributed by atoms with Gasteiger partial charge in [-0.15, -0.1) is 17.7 Å². The van der Waals surface area contributed by atoms with Gasteiger partial charge in [-0.3, -0.25) is 0 Å². The van der Waals surface area contributed by atoms with Crippen LogP contribution in [0.5, 0.6) is 0 Å². The van der Waals surface area contributed by atoms with E-state index < -0.39 is 0 Å². The van der Waals surface area contributed by atoms with Gasteiger partial charge in [0.2, 0.25) is 0 Å². The van der Waals surface area contributed by atoms with Crippen LogP contribution in [0.4, 0.5) is 17.1 Å². The van der Waals surface area contributed by atoms with E-state index in [2.05, 4.69) is 81.5 Å². The molecule has 2 unspecified atom stereocenters. The Morgan fingerprint density at radius 1 is 0.667 bits per heavy atom. The first kappa shape index (κ1) is 32.2. The molecule has 3 nitrogen and oxygen atoms in total. The van der Waals surface area contributed by atoms with Crippen LogP contribution >= 0.6 is 38.6 Å². The van der Waals surface area contributed by atoms with Crippen LogP contribution in [0.2, 0.25) is 0 Å². The maximum atomic E-state index is 13.5. The largest absolute Gasteiger partial charge is 1.00 e. The molecule has 3 aliphatic carbocycles. The van der Waals surface area contributed by atoms with Gasteiger partial charge in [0.25, 0.3) is 0 Å². The molecule has 192 valence electrons. The summed E-state index contributed by atoms with van der Waals surface area (Å²) in [5.74, 6) is -0.270. The van der Waals surface area contributed by atoms with Gasteiger partial charge in [0, 0.05) is 17.1 Å². The van der Waals surface area contributed by atoms with Crippen molar-refractivity contribution in [1.82, 2.24) is 0 Å². The Labute approximate surface area is 378 Å². The summed E-state index contributed by atoms with van der Waals surface area (Å²) in [5.41, 5.74) is 7.07. The van der Waals surface area contributed by atoms with E-state index in [1.807, 2.05) is 48.6 Å². The molecule has 0 N–H and O–H groups in total. The first-order valence-electron chi connectivity index (χ1n) is 12.9. The maximum absolute atomic E-state index is 13.5. The predicted octanol–water partition coefficient (Wildman–Crippen LogP) is 3.43. The fourth-order valence-corrected chi connectivity index (χ4v) is 8.68. The number of anilines is 3. The number of rotatable bonds is 4. The number of hydrogen-bond acceptors (Lipinski definition) is 5. The zero-order valence-corrected chi connectivity index (χ0v) is 38.6. The molecule has 0 amide bonds. The molecular formula is C34H18BrCs2NO2S2. The number of ketones is 2. The van der Waals surface area contributed by atoms with E-state index in [0.29, 0.717) is 16.7 Å². The van der Waals surface area contributed by atoms with Crippen LogP contribution < -0.4 is 143 Å². The Bertz CT molecular complexity index is 1870. The Balaban J connectivity index is 0.00000158. The normalized spacial score (nSPS) is 17.6. The summed E-state index contributed by atoms with van der Waals surface area (Å²) in [5, 5.41) is 0. The molecule has 2 heterocycles. The number of fused-ring (bicyclic) bond motifs is 6. The second kappa shape index (κ2) is 13.2. The van der Waals surface area contributed by atoms with Crippen molar-refractivity contribution in [3.8, 4) is 10.4 Å². The molecule has 8 rings (SSSR count). The minimum absolute atomic E-state index is 0. The van der Waals surface area contributed by atoms with E-state index in [-0.39, 0.29) is 161 Å². The van der Waals surface area contributed by atoms with Gasteiger partial charge in [-0.1, -0.05) is 103 Å². The second-order valence-corrected chi connectivity index (χ2v) is 13.4. The SMILES string of the molecule is O=C1C2=CC3c4sc(Br)[c-]c4C(=O)C3C=C2c2sc(-c3ccc(N(c4ccccc4)c4ccccc4)cc3)[c-]c21.[Cs+].[Cs+]. The number of thiophene rings is 2. The van der Waals surface area contributed by atoms with Crippen LogP contribution in [-0.2, 0) is 0 Å². The zero-order valence-electron chi connectivity index (χ0n) is 22.9. The van der Waals surface area contributed by atoms with Gasteiger partial charge in [-0.2, -0.15) is 0 Å². The number of hydrogen-bond donors (Lipinski definition) is 0. The van der Waals surface area contributed by atoms with Gasteiger partial charge >= 0.3 is 138 Å². The molecule has 2 atom stereocenters. The predicted molar refractivity (Wildman–Crippen MR) is 165 cm³/mol. The summed E-state index contributed by atoms with van der Waals surface area (Å²) in [6, 6.07) is 35.5. The van der Waals surface area contributed by atoms with E-state index in [4.69, 9.17) is 0 Å². The smallest absolute Gasteiger partial charge is 0.370 e. The average Bonchev–Trinajstić information content (AvgIpc) is 3.72. The molecule has 0 spiro atoms. The van der Waals surface area contributed by atoms with E-state index >= 15 is 0 Å². The Morgan fingerprint density at radius 3 is 1.90 bits per heavy atom. The summed E-state index contributed by atoms with van der Waals surface area (Å²) in [6.45, 7) is 0. The zero-order chi connectivity index (χ0) is 27.0. The molecular weight excluding hydrogens is 864 g/mol. The number of benzene rings is 3. The number of Topliss-reactive ketones (excluding diaryl/α,β-unsaturated/α-hetero) is 2. The molecule has 2 aromatic heterocycles. The van der Waals surface area contributed by atoms with Crippen molar-refractivity contribution < 1.29 is 147 Å². The van der Waals surface area contributed by atoms with Gasteiger partial charge in [0.15, 0.2) is 0 Å². The molecule has 0 fully saturated rings. The third-order valence-corrected chi connectivity index (χ3v) is 10.5. The number of para-hydroxylation sites is 2. The molecule has 0 aliphatic heterocycles. The molecule has 3 aromatic carbocycles. The Hall–Kier alpha value is 0.264. The molecule has 42 heavy (non-hydrogen) atoms. The van der Waals surface area contributed by atoms with Gasteiger partial charge in [0.1, 0.15) is 5.78 Å². The van der Waals surface area contributed by atoms with Gasteiger partial charge in [-0.25, -0.2) is 22.7 Å². The summed E-state index contributed by atoms with van der Waals surface area (Å²) >= 11 is 6.56. The van der Waals surface area contributed by atoms with Crippen LogP contribution in [0.1, 0.15) is 36.4 Å². The molecule has 5 aromatic rings. The number of carbonyl (C=O) groups is 2. The van der Waals surface area contributed by atoms with Gasteiger partial charge in [-0.05, 0) is 62.5 Å². The van der Waals surface area contributed by atoms with Crippen molar-refractivity contribution in [2.24, 2.45) is 5.92 Å². The van der Waals surface area contributed by atoms with E-state index in [1.165, 1.54) is 11.3 Å².